The summed E-state index contributed by atoms with van der Waals surface area (Å²) in [7, 11) is 0. The molecule has 0 saturated carbocycles. The maximum atomic E-state index is 10.6. The molecule has 0 bridgehead atoms. The SMILES string of the molecule is Cc1cccc(C(O)c2cccc(OC(C)C)c2)c1C. The van der Waals surface area contributed by atoms with Gasteiger partial charge in [-0.3, -0.25) is 0 Å². The lowest BCUT2D eigenvalue weighted by Gasteiger charge is -2.17. The largest absolute Gasteiger partial charge is 0.491 e. The van der Waals surface area contributed by atoms with E-state index in [1.165, 1.54) is 5.56 Å². The molecule has 0 aliphatic rings. The van der Waals surface area contributed by atoms with Crippen LogP contribution in [0.3, 0.4) is 0 Å². The average molecular weight is 270 g/mol. The predicted octanol–water partition coefficient (Wildman–Crippen LogP) is 4.17. The fraction of sp³-hybridized carbons (Fsp3) is 0.333. The first kappa shape index (κ1) is 14.6. The van der Waals surface area contributed by atoms with Crippen LogP contribution >= 0.6 is 0 Å². The lowest BCUT2D eigenvalue weighted by molar-refractivity contribution is 0.215. The van der Waals surface area contributed by atoms with Crippen molar-refractivity contribution in [1.82, 2.24) is 0 Å². The van der Waals surface area contributed by atoms with Crippen LogP contribution in [0.2, 0.25) is 0 Å². The number of rotatable bonds is 4. The lowest BCUT2D eigenvalue weighted by atomic mass is 9.95. The van der Waals surface area contributed by atoms with Gasteiger partial charge in [-0.2, -0.15) is 0 Å². The van der Waals surface area contributed by atoms with Gasteiger partial charge in [0, 0.05) is 0 Å². The maximum absolute atomic E-state index is 10.6. The van der Waals surface area contributed by atoms with Crippen LogP contribution in [0.1, 0.15) is 42.2 Å². The monoisotopic (exact) mass is 270 g/mol. The first-order valence-electron chi connectivity index (χ1n) is 7.00. The Hall–Kier alpha value is -1.80. The van der Waals surface area contributed by atoms with Gasteiger partial charge in [-0.1, -0.05) is 30.3 Å². The molecule has 2 heteroatoms. The Morgan fingerprint density at radius 1 is 1.00 bits per heavy atom. The molecular formula is C18H22O2. The number of aliphatic hydroxyl groups excluding tert-OH is 1. The van der Waals surface area contributed by atoms with E-state index in [2.05, 4.69) is 13.0 Å². The van der Waals surface area contributed by atoms with Gasteiger partial charge in [0.2, 0.25) is 0 Å². The highest BCUT2D eigenvalue weighted by Gasteiger charge is 2.14. The Bertz CT molecular complexity index is 588. The van der Waals surface area contributed by atoms with E-state index in [4.69, 9.17) is 4.74 Å². The fourth-order valence-electron chi connectivity index (χ4n) is 2.28. The summed E-state index contributed by atoms with van der Waals surface area (Å²) in [6.07, 6.45) is -0.492. The highest BCUT2D eigenvalue weighted by molar-refractivity contribution is 5.41. The number of hydrogen-bond donors (Lipinski definition) is 1. The molecule has 0 fully saturated rings. The summed E-state index contributed by atoms with van der Waals surface area (Å²) in [5.74, 6) is 0.793. The van der Waals surface area contributed by atoms with Crippen molar-refractivity contribution in [3.05, 3.63) is 64.7 Å². The topological polar surface area (TPSA) is 29.5 Å². The molecule has 1 N–H and O–H groups in total. The Morgan fingerprint density at radius 3 is 2.40 bits per heavy atom. The molecule has 2 rings (SSSR count). The van der Waals surface area contributed by atoms with E-state index in [0.717, 1.165) is 22.4 Å². The van der Waals surface area contributed by atoms with E-state index in [-0.39, 0.29) is 6.10 Å². The van der Waals surface area contributed by atoms with Crippen molar-refractivity contribution in [2.75, 3.05) is 0 Å². The number of ether oxygens (including phenoxy) is 1. The Kier molecular flexibility index (Phi) is 4.46. The van der Waals surface area contributed by atoms with Crippen LogP contribution in [0.25, 0.3) is 0 Å². The van der Waals surface area contributed by atoms with Crippen LogP contribution in [-0.2, 0) is 0 Å². The van der Waals surface area contributed by atoms with Gasteiger partial charge < -0.3 is 9.84 Å². The molecule has 2 nitrogen and oxygen atoms in total. The van der Waals surface area contributed by atoms with Crippen molar-refractivity contribution in [3.8, 4) is 5.75 Å². The van der Waals surface area contributed by atoms with Gasteiger partial charge in [-0.15, -0.1) is 0 Å². The molecule has 0 saturated heterocycles. The highest BCUT2D eigenvalue weighted by Crippen LogP contribution is 2.28. The van der Waals surface area contributed by atoms with Gasteiger partial charge >= 0.3 is 0 Å². The van der Waals surface area contributed by atoms with E-state index in [1.54, 1.807) is 0 Å². The molecule has 0 radical (unpaired) electrons. The molecule has 2 aromatic rings. The van der Waals surface area contributed by atoms with Crippen LogP contribution < -0.4 is 4.74 Å². The summed E-state index contributed by atoms with van der Waals surface area (Å²) in [6, 6.07) is 13.7. The second-order valence-corrected chi connectivity index (χ2v) is 5.43. The Labute approximate surface area is 121 Å². The van der Waals surface area contributed by atoms with Crippen molar-refractivity contribution >= 4 is 0 Å². The third-order valence-electron chi connectivity index (χ3n) is 3.49. The molecule has 20 heavy (non-hydrogen) atoms. The predicted molar refractivity (Wildman–Crippen MR) is 82.2 cm³/mol. The van der Waals surface area contributed by atoms with E-state index in [9.17, 15) is 5.11 Å². The molecule has 0 aliphatic carbocycles. The third-order valence-corrected chi connectivity index (χ3v) is 3.49. The average Bonchev–Trinajstić information content (AvgIpc) is 2.41. The first-order chi connectivity index (χ1) is 9.49. The maximum Gasteiger partial charge on any atom is 0.120 e. The first-order valence-corrected chi connectivity index (χ1v) is 7.00. The molecule has 1 atom stereocenters. The van der Waals surface area contributed by atoms with E-state index >= 15 is 0 Å². The summed E-state index contributed by atoms with van der Waals surface area (Å²) < 4.78 is 5.68. The zero-order chi connectivity index (χ0) is 14.7. The summed E-state index contributed by atoms with van der Waals surface area (Å²) in [5.41, 5.74) is 4.13. The standard InChI is InChI=1S/C18H22O2/c1-12(2)20-16-9-6-8-15(11-16)18(19)17-10-5-7-13(3)14(17)4/h5-12,18-19H,1-4H3. The van der Waals surface area contributed by atoms with Crippen molar-refractivity contribution in [1.29, 1.82) is 0 Å². The summed E-state index contributed by atoms with van der Waals surface area (Å²) in [5, 5.41) is 10.6. The van der Waals surface area contributed by atoms with Crippen molar-refractivity contribution < 1.29 is 9.84 Å². The summed E-state index contributed by atoms with van der Waals surface area (Å²) in [4.78, 5) is 0. The minimum atomic E-state index is -0.620. The second-order valence-electron chi connectivity index (χ2n) is 5.43. The quantitative estimate of drug-likeness (QED) is 0.903. The minimum Gasteiger partial charge on any atom is -0.491 e. The zero-order valence-electron chi connectivity index (χ0n) is 12.6. The van der Waals surface area contributed by atoms with E-state index in [0.29, 0.717) is 0 Å². The molecule has 0 heterocycles. The van der Waals surface area contributed by atoms with Crippen molar-refractivity contribution in [2.45, 2.75) is 39.9 Å². The van der Waals surface area contributed by atoms with Crippen LogP contribution in [0.5, 0.6) is 5.75 Å². The van der Waals surface area contributed by atoms with Crippen LogP contribution in [0.15, 0.2) is 42.5 Å². The molecular weight excluding hydrogens is 248 g/mol. The molecule has 106 valence electrons. The summed E-state index contributed by atoms with van der Waals surface area (Å²) >= 11 is 0. The number of aliphatic hydroxyl groups is 1. The number of benzene rings is 2. The summed E-state index contributed by atoms with van der Waals surface area (Å²) in [6.45, 7) is 8.09. The van der Waals surface area contributed by atoms with Crippen LogP contribution in [0.4, 0.5) is 0 Å². The van der Waals surface area contributed by atoms with Gasteiger partial charge in [0.1, 0.15) is 11.9 Å². The third kappa shape index (κ3) is 3.20. The Balaban J connectivity index is 2.33. The van der Waals surface area contributed by atoms with Gasteiger partial charge in [0.25, 0.3) is 0 Å². The van der Waals surface area contributed by atoms with Crippen LogP contribution in [0, 0.1) is 13.8 Å². The normalized spacial score (nSPS) is 12.5. The molecule has 2 aromatic carbocycles. The number of aryl methyl sites for hydroxylation is 1. The minimum absolute atomic E-state index is 0.128. The molecule has 0 spiro atoms. The zero-order valence-corrected chi connectivity index (χ0v) is 12.6. The van der Waals surface area contributed by atoms with Gasteiger partial charge in [-0.05, 0) is 62.1 Å². The van der Waals surface area contributed by atoms with Gasteiger partial charge in [0.15, 0.2) is 0 Å². The molecule has 0 aliphatic heterocycles. The smallest absolute Gasteiger partial charge is 0.120 e. The van der Waals surface area contributed by atoms with E-state index < -0.39 is 6.10 Å². The molecule has 1 unspecified atom stereocenters. The fourth-order valence-corrected chi connectivity index (χ4v) is 2.28. The molecule has 0 aromatic heterocycles. The number of hydrogen-bond acceptors (Lipinski definition) is 2. The highest BCUT2D eigenvalue weighted by atomic mass is 16.5. The van der Waals surface area contributed by atoms with Gasteiger partial charge in [-0.25, -0.2) is 0 Å². The lowest BCUT2D eigenvalue weighted by Crippen LogP contribution is -2.07. The van der Waals surface area contributed by atoms with E-state index in [1.807, 2.05) is 57.2 Å². The van der Waals surface area contributed by atoms with Gasteiger partial charge in [0.05, 0.1) is 6.10 Å². The van der Waals surface area contributed by atoms with Crippen molar-refractivity contribution in [3.63, 3.8) is 0 Å². The second kappa shape index (κ2) is 6.10. The van der Waals surface area contributed by atoms with Crippen LogP contribution in [-0.4, -0.2) is 11.2 Å². The molecule has 0 amide bonds. The Morgan fingerprint density at radius 2 is 1.70 bits per heavy atom. The van der Waals surface area contributed by atoms with Crippen molar-refractivity contribution in [2.24, 2.45) is 0 Å².